The number of hydrogen-bond acceptors (Lipinski definition) is 3. The Morgan fingerprint density at radius 3 is 2.79 bits per heavy atom. The summed E-state index contributed by atoms with van der Waals surface area (Å²) in [7, 11) is 0. The van der Waals surface area contributed by atoms with Gasteiger partial charge in [-0.25, -0.2) is 0 Å². The van der Waals surface area contributed by atoms with Crippen LogP contribution in [0.15, 0.2) is 4.99 Å². The van der Waals surface area contributed by atoms with E-state index in [1.165, 1.54) is 6.42 Å². The van der Waals surface area contributed by atoms with Crippen molar-refractivity contribution in [1.82, 2.24) is 10.6 Å². The van der Waals surface area contributed by atoms with Gasteiger partial charge in [-0.15, -0.1) is 0 Å². The minimum Gasteiger partial charge on any atom is -0.396 e. The Morgan fingerprint density at radius 2 is 2.21 bits per heavy atom. The van der Waals surface area contributed by atoms with E-state index < -0.39 is 0 Å². The molecule has 0 aliphatic carbocycles. The van der Waals surface area contributed by atoms with Crippen molar-refractivity contribution in [2.45, 2.75) is 39.5 Å². The van der Waals surface area contributed by atoms with Gasteiger partial charge in [0.05, 0.1) is 13.2 Å². The van der Waals surface area contributed by atoms with Crippen LogP contribution < -0.4 is 10.6 Å². The van der Waals surface area contributed by atoms with Gasteiger partial charge in [0, 0.05) is 31.7 Å². The van der Waals surface area contributed by atoms with Gasteiger partial charge in [-0.05, 0) is 26.2 Å². The summed E-state index contributed by atoms with van der Waals surface area (Å²) in [4.78, 5) is 4.66. The molecule has 0 aromatic carbocycles. The molecule has 1 heterocycles. The Balaban J connectivity index is 2.51. The van der Waals surface area contributed by atoms with Crippen molar-refractivity contribution in [1.29, 1.82) is 0 Å². The first-order chi connectivity index (χ1) is 9.26. The minimum absolute atomic E-state index is 0.0296. The highest BCUT2D eigenvalue weighted by atomic mass is 16.5. The second-order valence-electron chi connectivity index (χ2n) is 5.25. The lowest BCUT2D eigenvalue weighted by atomic mass is 9.84. The van der Waals surface area contributed by atoms with Crippen molar-refractivity contribution in [3.8, 4) is 0 Å². The predicted molar refractivity (Wildman–Crippen MR) is 78.5 cm³/mol. The molecule has 1 aliphatic heterocycles. The van der Waals surface area contributed by atoms with E-state index in [0.717, 1.165) is 51.5 Å². The van der Waals surface area contributed by atoms with E-state index in [0.29, 0.717) is 6.61 Å². The molecule has 1 saturated heterocycles. The first-order valence-electron chi connectivity index (χ1n) is 7.47. The third-order valence-corrected chi connectivity index (χ3v) is 3.57. The maximum Gasteiger partial charge on any atom is 0.191 e. The monoisotopic (exact) mass is 271 g/mol. The molecule has 0 aromatic rings. The average Bonchev–Trinajstić information content (AvgIpc) is 2.86. The summed E-state index contributed by atoms with van der Waals surface area (Å²) in [5.41, 5.74) is 0.0296. The number of guanidine groups is 1. The highest BCUT2D eigenvalue weighted by Crippen LogP contribution is 2.32. The molecule has 5 heteroatoms. The van der Waals surface area contributed by atoms with Crippen LogP contribution in [0.2, 0.25) is 0 Å². The zero-order valence-corrected chi connectivity index (χ0v) is 12.4. The number of rotatable bonds is 8. The molecule has 0 bridgehead atoms. The molecule has 1 atom stereocenters. The molecule has 0 spiro atoms. The van der Waals surface area contributed by atoms with Gasteiger partial charge in [0.25, 0.3) is 0 Å². The lowest BCUT2D eigenvalue weighted by molar-refractivity contribution is 0.131. The lowest BCUT2D eigenvalue weighted by Gasteiger charge is -2.24. The van der Waals surface area contributed by atoms with Gasteiger partial charge in [-0.3, -0.25) is 4.99 Å². The molecule has 0 radical (unpaired) electrons. The normalized spacial score (nSPS) is 23.6. The Kier molecular flexibility index (Phi) is 7.82. The summed E-state index contributed by atoms with van der Waals surface area (Å²) in [5, 5.41) is 15.8. The molecule has 5 nitrogen and oxygen atoms in total. The molecule has 0 amide bonds. The number of nitrogens with one attached hydrogen (secondary N) is 2. The Bertz CT molecular complexity index is 263. The first-order valence-corrected chi connectivity index (χ1v) is 7.47. The van der Waals surface area contributed by atoms with Crippen LogP contribution in [0.5, 0.6) is 0 Å². The van der Waals surface area contributed by atoms with Crippen molar-refractivity contribution in [3.63, 3.8) is 0 Å². The summed E-state index contributed by atoms with van der Waals surface area (Å²) in [6, 6.07) is 0. The van der Waals surface area contributed by atoms with E-state index in [2.05, 4.69) is 29.5 Å². The topological polar surface area (TPSA) is 65.9 Å². The molecule has 0 aromatic heterocycles. The van der Waals surface area contributed by atoms with Crippen molar-refractivity contribution in [2.75, 3.05) is 39.5 Å². The van der Waals surface area contributed by atoms with Gasteiger partial charge in [0.15, 0.2) is 5.96 Å². The molecule has 3 N–H and O–H groups in total. The molecule has 19 heavy (non-hydrogen) atoms. The maximum atomic E-state index is 9.20. The van der Waals surface area contributed by atoms with Gasteiger partial charge >= 0.3 is 0 Å². The zero-order valence-electron chi connectivity index (χ0n) is 12.4. The maximum absolute atomic E-state index is 9.20. The molecule has 1 fully saturated rings. The molecule has 1 aliphatic rings. The minimum atomic E-state index is 0.0296. The van der Waals surface area contributed by atoms with Crippen LogP contribution in [-0.2, 0) is 4.74 Å². The standard InChI is InChI=1S/C14H29N3O2/c1-3-5-8-16-13(15-4-2)17-11-14(6-9-18)7-10-19-12-14/h18H,3-12H2,1-2H3,(H2,15,16,17). The summed E-state index contributed by atoms with van der Waals surface area (Å²) in [6.07, 6.45) is 4.08. The highest BCUT2D eigenvalue weighted by Gasteiger charge is 2.34. The second kappa shape index (κ2) is 9.15. The van der Waals surface area contributed by atoms with E-state index in [1.807, 2.05) is 0 Å². The third-order valence-electron chi connectivity index (χ3n) is 3.57. The van der Waals surface area contributed by atoms with E-state index in [-0.39, 0.29) is 12.0 Å². The SMILES string of the molecule is CCCCNC(=NCC1(CCO)CCOC1)NCC. The van der Waals surface area contributed by atoms with Crippen molar-refractivity contribution in [3.05, 3.63) is 0 Å². The van der Waals surface area contributed by atoms with Crippen LogP contribution in [0.25, 0.3) is 0 Å². The highest BCUT2D eigenvalue weighted by molar-refractivity contribution is 5.79. The zero-order chi connectivity index (χ0) is 14.0. The predicted octanol–water partition coefficient (Wildman–Crippen LogP) is 1.13. The lowest BCUT2D eigenvalue weighted by Crippen LogP contribution is -2.39. The van der Waals surface area contributed by atoms with Gasteiger partial charge in [-0.1, -0.05) is 13.3 Å². The van der Waals surface area contributed by atoms with Crippen LogP contribution in [0, 0.1) is 5.41 Å². The largest absolute Gasteiger partial charge is 0.396 e. The summed E-state index contributed by atoms with van der Waals surface area (Å²) in [6.45, 7) is 8.48. The summed E-state index contributed by atoms with van der Waals surface area (Å²) in [5.74, 6) is 0.875. The smallest absolute Gasteiger partial charge is 0.191 e. The summed E-state index contributed by atoms with van der Waals surface area (Å²) < 4.78 is 5.48. The van der Waals surface area contributed by atoms with Crippen LogP contribution in [0.3, 0.4) is 0 Å². The number of aliphatic imine (C=N–C) groups is 1. The number of ether oxygens (including phenoxy) is 1. The Labute approximate surface area is 116 Å². The van der Waals surface area contributed by atoms with E-state index in [1.54, 1.807) is 0 Å². The van der Waals surface area contributed by atoms with Crippen molar-refractivity contribution in [2.24, 2.45) is 10.4 Å². The molecular weight excluding hydrogens is 242 g/mol. The Morgan fingerprint density at radius 1 is 1.37 bits per heavy atom. The average molecular weight is 271 g/mol. The van der Waals surface area contributed by atoms with Crippen LogP contribution in [0.4, 0.5) is 0 Å². The quantitative estimate of drug-likeness (QED) is 0.352. The first kappa shape index (κ1) is 16.2. The fourth-order valence-electron chi connectivity index (χ4n) is 2.26. The van der Waals surface area contributed by atoms with Gasteiger partial charge in [0.2, 0.25) is 0 Å². The second-order valence-corrected chi connectivity index (χ2v) is 5.25. The van der Waals surface area contributed by atoms with Crippen molar-refractivity contribution >= 4 is 5.96 Å². The van der Waals surface area contributed by atoms with Crippen LogP contribution in [0.1, 0.15) is 39.5 Å². The number of aliphatic hydroxyl groups excluding tert-OH is 1. The molecule has 112 valence electrons. The third kappa shape index (κ3) is 5.78. The summed E-state index contributed by atoms with van der Waals surface area (Å²) >= 11 is 0. The van der Waals surface area contributed by atoms with Gasteiger partial charge in [-0.2, -0.15) is 0 Å². The molecule has 1 rings (SSSR count). The fourth-order valence-corrected chi connectivity index (χ4v) is 2.26. The van der Waals surface area contributed by atoms with Gasteiger partial charge in [0.1, 0.15) is 0 Å². The fraction of sp³-hybridized carbons (Fsp3) is 0.929. The Hall–Kier alpha value is -0.810. The molecule has 1 unspecified atom stereocenters. The number of hydrogen-bond donors (Lipinski definition) is 3. The van der Waals surface area contributed by atoms with Crippen LogP contribution >= 0.6 is 0 Å². The number of aliphatic hydroxyl groups is 1. The van der Waals surface area contributed by atoms with Crippen molar-refractivity contribution < 1.29 is 9.84 Å². The van der Waals surface area contributed by atoms with E-state index >= 15 is 0 Å². The van der Waals surface area contributed by atoms with Gasteiger partial charge < -0.3 is 20.5 Å². The van der Waals surface area contributed by atoms with Crippen LogP contribution in [-0.4, -0.2) is 50.5 Å². The number of nitrogens with zero attached hydrogens (tertiary/aromatic N) is 1. The van der Waals surface area contributed by atoms with E-state index in [4.69, 9.17) is 4.74 Å². The van der Waals surface area contributed by atoms with E-state index in [9.17, 15) is 5.11 Å². The number of unbranched alkanes of at least 4 members (excludes halogenated alkanes) is 1. The molecule has 0 saturated carbocycles. The molecular formula is C14H29N3O2.